The van der Waals surface area contributed by atoms with E-state index in [1.807, 2.05) is 36.4 Å². The fourth-order valence-electron chi connectivity index (χ4n) is 7.32. The molecule has 4 nitrogen and oxygen atoms in total. The van der Waals surface area contributed by atoms with E-state index in [4.69, 9.17) is 0 Å². The Balaban J connectivity index is 1.34. The lowest BCUT2D eigenvalue weighted by Gasteiger charge is -2.43. The van der Waals surface area contributed by atoms with E-state index < -0.39 is 0 Å². The van der Waals surface area contributed by atoms with Gasteiger partial charge in [0, 0.05) is 27.8 Å². The van der Waals surface area contributed by atoms with Gasteiger partial charge in [0.2, 0.25) is 0 Å². The molecule has 0 saturated carbocycles. The summed E-state index contributed by atoms with van der Waals surface area (Å²) in [7, 11) is 0. The number of rotatable bonds is 2. The van der Waals surface area contributed by atoms with Gasteiger partial charge in [0.15, 0.2) is 5.78 Å². The molecule has 1 aliphatic heterocycles. The first kappa shape index (κ1) is 27.3. The Hall–Kier alpha value is -6.23. The molecule has 6 aromatic carbocycles. The number of fused-ring (bicyclic) bond motifs is 6. The van der Waals surface area contributed by atoms with Crippen LogP contribution < -0.4 is 4.90 Å². The van der Waals surface area contributed by atoms with Crippen LogP contribution in [0.1, 0.15) is 46.5 Å². The van der Waals surface area contributed by atoms with Crippen LogP contribution in [-0.2, 0) is 5.41 Å². The number of carbonyl (C=O) groups is 1. The van der Waals surface area contributed by atoms with Crippen LogP contribution in [0.3, 0.4) is 0 Å². The van der Waals surface area contributed by atoms with Gasteiger partial charge in [0.25, 0.3) is 0 Å². The standard InChI is InChI=1S/C42H27N3O/c1-42(2)36-22-27-10-6-7-11-28(27)23-38(36)45(31-12-4-3-5-13-31)37-19-17-29-20-26(16-18-32(29)40(37)42)21-35-39(30(24-43)25-44)33-14-8-9-15-34(33)41(35)46/h3-23H,1-2H3/b35-21-. The Morgan fingerprint density at radius 3 is 2.11 bits per heavy atom. The van der Waals surface area contributed by atoms with Gasteiger partial charge < -0.3 is 4.90 Å². The zero-order chi connectivity index (χ0) is 31.6. The topological polar surface area (TPSA) is 67.9 Å². The van der Waals surface area contributed by atoms with Crippen LogP contribution in [0.4, 0.5) is 17.1 Å². The zero-order valence-electron chi connectivity index (χ0n) is 25.4. The van der Waals surface area contributed by atoms with E-state index in [1.165, 1.54) is 27.6 Å². The summed E-state index contributed by atoms with van der Waals surface area (Å²) in [6.07, 6.45) is 1.81. The second-order valence-corrected chi connectivity index (χ2v) is 12.4. The molecule has 216 valence electrons. The summed E-state index contributed by atoms with van der Waals surface area (Å²) in [5, 5.41) is 24.1. The van der Waals surface area contributed by atoms with Gasteiger partial charge in [-0.25, -0.2) is 0 Å². The van der Waals surface area contributed by atoms with E-state index in [2.05, 4.69) is 104 Å². The molecule has 0 unspecified atom stereocenters. The number of Topliss-reactive ketones (excluding diaryl/α,β-unsaturated/α-hetero) is 1. The van der Waals surface area contributed by atoms with Crippen molar-refractivity contribution in [2.75, 3.05) is 4.90 Å². The lowest BCUT2D eigenvalue weighted by Crippen LogP contribution is -2.31. The maximum absolute atomic E-state index is 13.5. The second-order valence-electron chi connectivity index (χ2n) is 12.4. The first-order valence-corrected chi connectivity index (χ1v) is 15.3. The molecule has 46 heavy (non-hydrogen) atoms. The number of allylic oxidation sites excluding steroid dienone is 3. The normalized spacial score (nSPS) is 15.3. The molecule has 0 radical (unpaired) electrons. The smallest absolute Gasteiger partial charge is 0.194 e. The van der Waals surface area contributed by atoms with Gasteiger partial charge >= 0.3 is 0 Å². The van der Waals surface area contributed by atoms with Crippen LogP contribution >= 0.6 is 0 Å². The van der Waals surface area contributed by atoms with Gasteiger partial charge in [0.1, 0.15) is 17.7 Å². The highest BCUT2D eigenvalue weighted by Gasteiger charge is 2.39. The van der Waals surface area contributed by atoms with Crippen molar-refractivity contribution in [1.29, 1.82) is 10.5 Å². The number of benzene rings is 6. The average molecular weight is 590 g/mol. The lowest BCUT2D eigenvalue weighted by molar-refractivity contribution is 0.104. The number of carbonyl (C=O) groups excluding carboxylic acids is 1. The van der Waals surface area contributed by atoms with E-state index in [0.29, 0.717) is 22.3 Å². The number of hydrogen-bond acceptors (Lipinski definition) is 4. The van der Waals surface area contributed by atoms with E-state index in [1.54, 1.807) is 18.2 Å². The zero-order valence-corrected chi connectivity index (χ0v) is 25.4. The van der Waals surface area contributed by atoms with Crippen molar-refractivity contribution in [2.24, 2.45) is 0 Å². The molecule has 0 saturated heterocycles. The molecular formula is C42H27N3O. The predicted octanol–water partition coefficient (Wildman–Crippen LogP) is 10.2. The highest BCUT2D eigenvalue weighted by atomic mass is 16.1. The van der Waals surface area contributed by atoms with Crippen molar-refractivity contribution in [3.8, 4) is 12.1 Å². The predicted molar refractivity (Wildman–Crippen MR) is 185 cm³/mol. The first-order chi connectivity index (χ1) is 22.4. The van der Waals surface area contributed by atoms with E-state index in [9.17, 15) is 15.3 Å². The van der Waals surface area contributed by atoms with Crippen LogP contribution in [0.15, 0.2) is 132 Å². The third-order valence-corrected chi connectivity index (χ3v) is 9.42. The molecule has 8 rings (SSSR count). The highest BCUT2D eigenvalue weighted by molar-refractivity contribution is 6.30. The van der Waals surface area contributed by atoms with Gasteiger partial charge in [-0.05, 0) is 86.3 Å². The minimum absolute atomic E-state index is 0.0617. The summed E-state index contributed by atoms with van der Waals surface area (Å²) >= 11 is 0. The molecule has 0 bridgehead atoms. The molecule has 4 heteroatoms. The lowest BCUT2D eigenvalue weighted by atomic mass is 9.71. The van der Waals surface area contributed by atoms with Crippen LogP contribution in [-0.4, -0.2) is 5.78 Å². The minimum Gasteiger partial charge on any atom is -0.310 e. The molecule has 0 fully saturated rings. The molecule has 0 spiro atoms. The van der Waals surface area contributed by atoms with Crippen LogP contribution in [0.25, 0.3) is 33.2 Å². The monoisotopic (exact) mass is 589 g/mol. The van der Waals surface area contributed by atoms with Crippen molar-refractivity contribution in [2.45, 2.75) is 19.3 Å². The molecule has 0 N–H and O–H groups in total. The fourth-order valence-corrected chi connectivity index (χ4v) is 7.32. The van der Waals surface area contributed by atoms with Crippen molar-refractivity contribution < 1.29 is 4.79 Å². The number of anilines is 3. The van der Waals surface area contributed by atoms with Gasteiger partial charge in [-0.1, -0.05) is 98.8 Å². The van der Waals surface area contributed by atoms with Gasteiger partial charge in [-0.15, -0.1) is 0 Å². The molecule has 0 amide bonds. The molecule has 1 heterocycles. The largest absolute Gasteiger partial charge is 0.310 e. The van der Waals surface area contributed by atoms with Gasteiger partial charge in [-0.2, -0.15) is 10.5 Å². The summed E-state index contributed by atoms with van der Waals surface area (Å²) in [4.78, 5) is 15.9. The third kappa shape index (κ3) is 3.95. The highest BCUT2D eigenvalue weighted by Crippen LogP contribution is 2.54. The number of hydrogen-bond donors (Lipinski definition) is 0. The summed E-state index contributed by atoms with van der Waals surface area (Å²) in [6, 6.07) is 45.4. The summed E-state index contributed by atoms with van der Waals surface area (Å²) in [6.45, 7) is 4.60. The third-order valence-electron chi connectivity index (χ3n) is 9.42. The number of nitrogens with zero attached hydrogens (tertiary/aromatic N) is 3. The molecule has 6 aromatic rings. The first-order valence-electron chi connectivity index (χ1n) is 15.3. The number of ketones is 1. The van der Waals surface area contributed by atoms with Crippen LogP contribution in [0, 0.1) is 22.7 Å². The van der Waals surface area contributed by atoms with Crippen LogP contribution in [0.2, 0.25) is 0 Å². The minimum atomic E-state index is -0.313. The Labute approximate surface area is 267 Å². The van der Waals surface area contributed by atoms with Crippen molar-refractivity contribution in [3.63, 3.8) is 0 Å². The van der Waals surface area contributed by atoms with E-state index in [-0.39, 0.29) is 16.8 Å². The van der Waals surface area contributed by atoms with Crippen molar-refractivity contribution in [1.82, 2.24) is 0 Å². The van der Waals surface area contributed by atoms with Crippen molar-refractivity contribution >= 4 is 56.0 Å². The number of para-hydroxylation sites is 1. The molecule has 0 aromatic heterocycles. The summed E-state index contributed by atoms with van der Waals surface area (Å²) in [5.74, 6) is -0.178. The Morgan fingerprint density at radius 2 is 1.37 bits per heavy atom. The van der Waals surface area contributed by atoms with Crippen molar-refractivity contribution in [3.05, 3.63) is 160 Å². The van der Waals surface area contributed by atoms with E-state index in [0.717, 1.165) is 27.7 Å². The molecule has 1 aliphatic carbocycles. The maximum atomic E-state index is 13.5. The Bertz CT molecular complexity index is 2420. The summed E-state index contributed by atoms with van der Waals surface area (Å²) in [5.41, 5.74) is 8.26. The van der Waals surface area contributed by atoms with E-state index >= 15 is 0 Å². The molecule has 0 atom stereocenters. The Kier molecular flexibility index (Phi) is 6.04. The van der Waals surface area contributed by atoms with Gasteiger partial charge in [0.05, 0.1) is 11.4 Å². The van der Waals surface area contributed by atoms with Crippen LogP contribution in [0.5, 0.6) is 0 Å². The fraction of sp³-hybridized carbons (Fsp3) is 0.0714. The quantitative estimate of drug-likeness (QED) is 0.149. The SMILES string of the molecule is CC1(C)c2cc3ccccc3cc2N(c2ccccc2)c2ccc3cc(/C=C4\C(=O)c5ccccc5C4=C(C#N)C#N)ccc3c21. The average Bonchev–Trinajstić information content (AvgIpc) is 3.35. The summed E-state index contributed by atoms with van der Waals surface area (Å²) < 4.78 is 0. The molecular weight excluding hydrogens is 562 g/mol. The maximum Gasteiger partial charge on any atom is 0.194 e. The van der Waals surface area contributed by atoms with Gasteiger partial charge in [-0.3, -0.25) is 4.79 Å². The number of nitriles is 2. The Morgan fingerprint density at radius 1 is 0.696 bits per heavy atom. The molecule has 2 aliphatic rings. The second kappa shape index (κ2) is 10.2.